The second kappa shape index (κ2) is 9.13. The first kappa shape index (κ1) is 22.5. The van der Waals surface area contributed by atoms with Crippen LogP contribution in [0.25, 0.3) is 22.2 Å². The van der Waals surface area contributed by atoms with Gasteiger partial charge < -0.3 is 4.74 Å². The summed E-state index contributed by atoms with van der Waals surface area (Å²) in [6.45, 7) is 5.34. The Balaban J connectivity index is 1.59. The molecule has 178 valence electrons. The maximum atomic E-state index is 14.6. The van der Waals surface area contributed by atoms with Crippen LogP contribution in [0.2, 0.25) is 0 Å². The molecule has 1 aliphatic carbocycles. The monoisotopic (exact) mass is 465 g/mol. The Morgan fingerprint density at radius 3 is 2.68 bits per heavy atom. The molecule has 2 aliphatic rings. The Morgan fingerprint density at radius 2 is 1.97 bits per heavy atom. The molecule has 0 spiro atoms. The fourth-order valence-corrected chi connectivity index (χ4v) is 5.24. The molecule has 2 fully saturated rings. The van der Waals surface area contributed by atoms with Crippen LogP contribution in [0.15, 0.2) is 41.3 Å². The lowest BCUT2D eigenvalue weighted by atomic mass is 10.0. The fraction of sp³-hybridized carbons (Fsp3) is 0.440. The number of anilines is 1. The molecule has 1 aromatic carbocycles. The van der Waals surface area contributed by atoms with Gasteiger partial charge in [-0.25, -0.2) is 19.2 Å². The molecule has 1 saturated heterocycles. The Morgan fingerprint density at radius 1 is 1.24 bits per heavy atom. The molecule has 1 aliphatic heterocycles. The summed E-state index contributed by atoms with van der Waals surface area (Å²) in [5.41, 5.74) is 3.35. The number of ether oxygens (including phenoxy) is 1. The van der Waals surface area contributed by atoms with Gasteiger partial charge in [0.1, 0.15) is 17.5 Å². The number of esters is 1. The molecule has 3 heterocycles. The average molecular weight is 466 g/mol. The number of aromatic nitrogens is 3. The van der Waals surface area contributed by atoms with Crippen LogP contribution >= 0.6 is 0 Å². The van der Waals surface area contributed by atoms with Gasteiger partial charge in [-0.1, -0.05) is 24.6 Å². The maximum absolute atomic E-state index is 14.6. The van der Waals surface area contributed by atoms with Crippen molar-refractivity contribution in [2.45, 2.75) is 39.2 Å². The zero-order valence-electron chi connectivity index (χ0n) is 19.3. The summed E-state index contributed by atoms with van der Waals surface area (Å²) in [4.78, 5) is 35.2. The quantitative estimate of drug-likeness (QED) is 0.554. The first-order valence-corrected chi connectivity index (χ1v) is 11.8. The summed E-state index contributed by atoms with van der Waals surface area (Å²) in [6, 6.07) is 6.69. The summed E-state index contributed by atoms with van der Waals surface area (Å²) in [5, 5.41) is 2.65. The number of hydrogen-bond donors (Lipinski definition) is 1. The normalized spacial score (nSPS) is 20.9. The predicted molar refractivity (Wildman–Crippen MR) is 127 cm³/mol. The van der Waals surface area contributed by atoms with Gasteiger partial charge in [-0.05, 0) is 50.7 Å². The Kier molecular flexibility index (Phi) is 6.03. The smallest absolute Gasteiger partial charge is 0.329 e. The van der Waals surface area contributed by atoms with Crippen LogP contribution in [0.4, 0.5) is 10.3 Å². The number of halogens is 1. The number of nitrogens with zero attached hydrogens (tertiary/aromatic N) is 4. The van der Waals surface area contributed by atoms with E-state index in [1.165, 1.54) is 36.0 Å². The highest BCUT2D eigenvalue weighted by Gasteiger charge is 2.36. The molecule has 3 aromatic rings. The number of benzene rings is 1. The summed E-state index contributed by atoms with van der Waals surface area (Å²) in [5.74, 6) is 0.664. The highest BCUT2D eigenvalue weighted by atomic mass is 19.1. The third-order valence-corrected chi connectivity index (χ3v) is 6.94. The lowest BCUT2D eigenvalue weighted by Gasteiger charge is -2.20. The van der Waals surface area contributed by atoms with Crippen molar-refractivity contribution in [1.29, 1.82) is 0 Å². The number of hydrazine groups is 1. The van der Waals surface area contributed by atoms with Crippen LogP contribution in [0, 0.1) is 17.7 Å². The number of fused-ring (bicyclic) bond motifs is 2. The van der Waals surface area contributed by atoms with Crippen molar-refractivity contribution >= 4 is 23.0 Å². The zero-order valence-corrected chi connectivity index (χ0v) is 19.3. The minimum atomic E-state index is -0.949. The topological polar surface area (TPSA) is 89.3 Å². The van der Waals surface area contributed by atoms with Crippen molar-refractivity contribution in [3.63, 3.8) is 0 Å². The minimum Gasteiger partial charge on any atom is -0.464 e. The predicted octanol–water partition coefficient (Wildman–Crippen LogP) is 3.78. The standard InChI is InChI=1S/C25H28FN5O3/c1-3-34-24(33)15(2)31-22-18(11-20(23(31)32)19-9-4-5-10-21(19)26)12-27-25(28-22)29-30-13-16-7-6-8-17(16)14-30/h4-5,9-12,15-17H,3,6-8,13-14H2,1-2H3,(H,27,28,29). The average Bonchev–Trinajstić information content (AvgIpc) is 3.41. The van der Waals surface area contributed by atoms with Crippen molar-refractivity contribution in [2.24, 2.45) is 11.8 Å². The number of carbonyl (C=O) groups excluding carboxylic acids is 1. The summed E-state index contributed by atoms with van der Waals surface area (Å²) < 4.78 is 21.0. The van der Waals surface area contributed by atoms with Gasteiger partial charge in [0.2, 0.25) is 5.95 Å². The number of carbonyl (C=O) groups is 1. The first-order valence-electron chi connectivity index (χ1n) is 11.8. The van der Waals surface area contributed by atoms with Crippen molar-refractivity contribution in [3.8, 4) is 11.1 Å². The van der Waals surface area contributed by atoms with E-state index in [2.05, 4.69) is 20.4 Å². The minimum absolute atomic E-state index is 0.137. The molecule has 8 nitrogen and oxygen atoms in total. The molecular formula is C25H28FN5O3. The first-order chi connectivity index (χ1) is 16.5. The maximum Gasteiger partial charge on any atom is 0.329 e. The molecule has 1 N–H and O–H groups in total. The molecule has 3 unspecified atom stereocenters. The van der Waals surface area contributed by atoms with E-state index in [0.717, 1.165) is 13.1 Å². The van der Waals surface area contributed by atoms with Crippen LogP contribution in [0.5, 0.6) is 0 Å². The molecule has 0 radical (unpaired) electrons. The molecular weight excluding hydrogens is 437 g/mol. The highest BCUT2D eigenvalue weighted by Crippen LogP contribution is 2.37. The summed E-state index contributed by atoms with van der Waals surface area (Å²) in [6.07, 6.45) is 5.38. The molecule has 5 rings (SSSR count). The number of hydrogen-bond acceptors (Lipinski definition) is 7. The third-order valence-electron chi connectivity index (χ3n) is 6.94. The third kappa shape index (κ3) is 4.04. The Labute approximate surface area is 196 Å². The molecule has 3 atom stereocenters. The lowest BCUT2D eigenvalue weighted by molar-refractivity contribution is -0.146. The van der Waals surface area contributed by atoms with Gasteiger partial charge in [-0.15, -0.1) is 0 Å². The van der Waals surface area contributed by atoms with Gasteiger partial charge in [0.25, 0.3) is 5.56 Å². The molecule has 2 aromatic heterocycles. The van der Waals surface area contributed by atoms with Gasteiger partial charge in [0.15, 0.2) is 0 Å². The van der Waals surface area contributed by atoms with Crippen LogP contribution in [-0.4, -0.2) is 45.2 Å². The van der Waals surface area contributed by atoms with E-state index in [4.69, 9.17) is 4.74 Å². The highest BCUT2D eigenvalue weighted by molar-refractivity contribution is 5.84. The number of rotatable bonds is 6. The van der Waals surface area contributed by atoms with Crippen LogP contribution in [-0.2, 0) is 9.53 Å². The summed E-state index contributed by atoms with van der Waals surface area (Å²) >= 11 is 0. The fourth-order valence-electron chi connectivity index (χ4n) is 5.24. The van der Waals surface area contributed by atoms with E-state index in [0.29, 0.717) is 28.8 Å². The molecule has 0 amide bonds. The van der Waals surface area contributed by atoms with Gasteiger partial charge in [0, 0.05) is 30.2 Å². The molecule has 0 bridgehead atoms. The Bertz CT molecular complexity index is 1280. The van der Waals surface area contributed by atoms with Gasteiger partial charge >= 0.3 is 5.97 Å². The van der Waals surface area contributed by atoms with E-state index in [9.17, 15) is 14.0 Å². The van der Waals surface area contributed by atoms with E-state index in [1.54, 1.807) is 38.2 Å². The van der Waals surface area contributed by atoms with Gasteiger partial charge in [-0.3, -0.25) is 14.8 Å². The second-order valence-corrected chi connectivity index (χ2v) is 9.08. The molecule has 9 heteroatoms. The van der Waals surface area contributed by atoms with Gasteiger partial charge in [0.05, 0.1) is 12.2 Å². The molecule has 34 heavy (non-hydrogen) atoms. The number of pyridine rings is 1. The van der Waals surface area contributed by atoms with Crippen molar-refractivity contribution < 1.29 is 13.9 Å². The van der Waals surface area contributed by atoms with Crippen molar-refractivity contribution in [3.05, 3.63) is 52.7 Å². The van der Waals surface area contributed by atoms with Crippen LogP contribution < -0.4 is 11.0 Å². The second-order valence-electron chi connectivity index (χ2n) is 9.08. The van der Waals surface area contributed by atoms with E-state index in [-0.39, 0.29) is 17.7 Å². The van der Waals surface area contributed by atoms with E-state index < -0.39 is 23.4 Å². The van der Waals surface area contributed by atoms with E-state index >= 15 is 0 Å². The SMILES string of the molecule is CCOC(=O)C(C)n1c(=O)c(-c2ccccc2F)cc2cnc(NN3CC4CCCC4C3)nc21. The Hall–Kier alpha value is -3.33. The largest absolute Gasteiger partial charge is 0.464 e. The summed E-state index contributed by atoms with van der Waals surface area (Å²) in [7, 11) is 0. The molecule has 1 saturated carbocycles. The van der Waals surface area contributed by atoms with Crippen LogP contribution in [0.1, 0.15) is 39.2 Å². The van der Waals surface area contributed by atoms with E-state index in [1.807, 2.05) is 0 Å². The van der Waals surface area contributed by atoms with Gasteiger partial charge in [-0.2, -0.15) is 4.98 Å². The van der Waals surface area contributed by atoms with Crippen LogP contribution in [0.3, 0.4) is 0 Å². The van der Waals surface area contributed by atoms with Crippen molar-refractivity contribution in [2.75, 3.05) is 25.1 Å². The number of nitrogens with one attached hydrogen (secondary N) is 1. The lowest BCUT2D eigenvalue weighted by Crippen LogP contribution is -2.32. The zero-order chi connectivity index (χ0) is 23.8. The van der Waals surface area contributed by atoms with Crippen molar-refractivity contribution in [1.82, 2.24) is 19.5 Å².